The van der Waals surface area contributed by atoms with Crippen molar-refractivity contribution in [1.29, 1.82) is 0 Å². The molecular weight excluding hydrogens is 252 g/mol. The van der Waals surface area contributed by atoms with E-state index in [1.54, 1.807) is 0 Å². The molecule has 1 aromatic carbocycles. The summed E-state index contributed by atoms with van der Waals surface area (Å²) in [5.74, 6) is -1.07. The zero-order valence-electron chi connectivity index (χ0n) is 12.1. The topological polar surface area (TPSA) is 76.2 Å². The molecule has 0 radical (unpaired) electrons. The first-order chi connectivity index (χ1) is 9.27. The normalized spacial score (nSPS) is 13.4. The number of nitrogens with two attached hydrogens (primary N) is 1. The molecule has 0 spiro atoms. The van der Waals surface area contributed by atoms with E-state index in [4.69, 9.17) is 10.8 Å². The molecule has 2 rings (SSSR count). The molecule has 3 N–H and O–H groups in total. The average molecular weight is 272 g/mol. The van der Waals surface area contributed by atoms with Crippen molar-refractivity contribution in [1.82, 2.24) is 4.98 Å². The molecule has 1 aromatic heterocycles. The lowest BCUT2D eigenvalue weighted by Crippen LogP contribution is -2.40. The molecule has 2 aromatic rings. The van der Waals surface area contributed by atoms with Crippen molar-refractivity contribution in [3.63, 3.8) is 0 Å². The van der Waals surface area contributed by atoms with Crippen LogP contribution in [0, 0.1) is 6.92 Å². The molecule has 1 unspecified atom stereocenters. The monoisotopic (exact) mass is 272 g/mol. The van der Waals surface area contributed by atoms with E-state index in [9.17, 15) is 4.79 Å². The summed E-state index contributed by atoms with van der Waals surface area (Å²) in [6.45, 7) is 5.67. The van der Waals surface area contributed by atoms with Gasteiger partial charge in [-0.2, -0.15) is 0 Å². The first-order valence-corrected chi connectivity index (χ1v) is 6.65. The number of fused-ring (bicyclic) bond motifs is 1. The number of aliphatic carboxylic acids is 1. The lowest BCUT2D eigenvalue weighted by atomic mass is 9.80. The van der Waals surface area contributed by atoms with E-state index < -0.39 is 11.5 Å². The van der Waals surface area contributed by atoms with Crippen LogP contribution in [-0.4, -0.2) is 21.6 Å². The number of carboxylic acids is 1. The number of hydrogen-bond donors (Lipinski definition) is 2. The molecule has 20 heavy (non-hydrogen) atoms. The van der Waals surface area contributed by atoms with E-state index in [2.05, 4.69) is 4.98 Å². The SMILES string of the molecule is Cc1ccc2cc(C(CC(=O)O)C(C)(C)N)ccc2n1. The highest BCUT2D eigenvalue weighted by Crippen LogP contribution is 2.31. The number of aromatic nitrogens is 1. The number of rotatable bonds is 4. The van der Waals surface area contributed by atoms with Crippen LogP contribution in [0.3, 0.4) is 0 Å². The third kappa shape index (κ3) is 3.14. The Morgan fingerprint density at radius 2 is 2.05 bits per heavy atom. The predicted octanol–water partition coefficient (Wildman–Crippen LogP) is 2.84. The molecule has 1 atom stereocenters. The van der Waals surface area contributed by atoms with Crippen LogP contribution in [0.15, 0.2) is 30.3 Å². The number of nitrogens with zero attached hydrogens (tertiary/aromatic N) is 1. The van der Waals surface area contributed by atoms with Gasteiger partial charge in [0.25, 0.3) is 0 Å². The van der Waals surface area contributed by atoms with Crippen LogP contribution in [0.5, 0.6) is 0 Å². The molecule has 0 fully saturated rings. The minimum atomic E-state index is -0.837. The second kappa shape index (κ2) is 5.21. The maximum absolute atomic E-state index is 11.1. The predicted molar refractivity (Wildman–Crippen MR) is 79.7 cm³/mol. The molecular formula is C16H20N2O2. The van der Waals surface area contributed by atoms with E-state index in [-0.39, 0.29) is 12.3 Å². The molecule has 4 heteroatoms. The highest BCUT2D eigenvalue weighted by molar-refractivity contribution is 5.80. The summed E-state index contributed by atoms with van der Waals surface area (Å²) >= 11 is 0. The second-order valence-electron chi connectivity index (χ2n) is 5.88. The Labute approximate surface area is 118 Å². The highest BCUT2D eigenvalue weighted by atomic mass is 16.4. The standard InChI is InChI=1S/C16H20N2O2/c1-10-4-5-12-8-11(6-7-14(12)18-10)13(9-15(19)20)16(2,3)17/h4-8,13H,9,17H2,1-3H3,(H,19,20). The molecule has 0 aliphatic carbocycles. The van der Waals surface area contributed by atoms with Gasteiger partial charge < -0.3 is 10.8 Å². The first-order valence-electron chi connectivity index (χ1n) is 6.65. The van der Waals surface area contributed by atoms with Gasteiger partial charge in [-0.25, -0.2) is 0 Å². The fourth-order valence-corrected chi connectivity index (χ4v) is 2.45. The number of pyridine rings is 1. The van der Waals surface area contributed by atoms with Gasteiger partial charge in [-0.15, -0.1) is 0 Å². The number of hydrogen-bond acceptors (Lipinski definition) is 3. The third-order valence-corrected chi connectivity index (χ3v) is 3.53. The zero-order chi connectivity index (χ0) is 14.9. The van der Waals surface area contributed by atoms with Crippen LogP contribution in [-0.2, 0) is 4.79 Å². The molecule has 0 amide bonds. The quantitative estimate of drug-likeness (QED) is 0.897. The summed E-state index contributed by atoms with van der Waals surface area (Å²) in [4.78, 5) is 15.5. The van der Waals surface area contributed by atoms with Crippen molar-refractivity contribution in [3.8, 4) is 0 Å². The smallest absolute Gasteiger partial charge is 0.304 e. The summed E-state index contributed by atoms with van der Waals surface area (Å²) in [5, 5.41) is 10.1. The minimum absolute atomic E-state index is 0.0221. The van der Waals surface area contributed by atoms with E-state index in [1.165, 1.54) is 0 Å². The van der Waals surface area contributed by atoms with Crippen LogP contribution >= 0.6 is 0 Å². The lowest BCUT2D eigenvalue weighted by Gasteiger charge is -2.30. The van der Waals surface area contributed by atoms with Gasteiger partial charge in [0.15, 0.2) is 0 Å². The van der Waals surface area contributed by atoms with Gasteiger partial charge >= 0.3 is 5.97 Å². The number of benzene rings is 1. The lowest BCUT2D eigenvalue weighted by molar-refractivity contribution is -0.137. The summed E-state index contributed by atoms with van der Waals surface area (Å²) < 4.78 is 0. The van der Waals surface area contributed by atoms with E-state index in [0.29, 0.717) is 0 Å². The van der Waals surface area contributed by atoms with Crippen molar-refractivity contribution < 1.29 is 9.90 Å². The maximum Gasteiger partial charge on any atom is 0.304 e. The molecule has 4 nitrogen and oxygen atoms in total. The highest BCUT2D eigenvalue weighted by Gasteiger charge is 2.29. The summed E-state index contributed by atoms with van der Waals surface area (Å²) in [6.07, 6.45) is 0.0221. The van der Waals surface area contributed by atoms with Gasteiger partial charge in [0.2, 0.25) is 0 Å². The summed E-state index contributed by atoms with van der Waals surface area (Å²) in [5.41, 5.74) is 8.38. The fourth-order valence-electron chi connectivity index (χ4n) is 2.45. The molecule has 1 heterocycles. The Bertz CT molecular complexity index is 644. The van der Waals surface area contributed by atoms with Gasteiger partial charge in [-0.3, -0.25) is 9.78 Å². The Hall–Kier alpha value is -1.94. The zero-order valence-corrected chi connectivity index (χ0v) is 12.1. The summed E-state index contributed by atoms with van der Waals surface area (Å²) in [7, 11) is 0. The molecule has 0 saturated carbocycles. The average Bonchev–Trinajstić information content (AvgIpc) is 2.34. The van der Waals surface area contributed by atoms with E-state index in [1.807, 2.05) is 51.1 Å². The number of aryl methyl sites for hydroxylation is 1. The van der Waals surface area contributed by atoms with Crippen LogP contribution in [0.1, 0.15) is 37.4 Å². The van der Waals surface area contributed by atoms with Crippen LogP contribution in [0.4, 0.5) is 0 Å². The maximum atomic E-state index is 11.1. The minimum Gasteiger partial charge on any atom is -0.481 e. The Morgan fingerprint density at radius 3 is 2.65 bits per heavy atom. The second-order valence-corrected chi connectivity index (χ2v) is 5.88. The van der Waals surface area contributed by atoms with Gasteiger partial charge in [-0.1, -0.05) is 12.1 Å². The Morgan fingerprint density at radius 1 is 1.35 bits per heavy atom. The van der Waals surface area contributed by atoms with Gasteiger partial charge in [-0.05, 0) is 44.5 Å². The van der Waals surface area contributed by atoms with Crippen LogP contribution in [0.25, 0.3) is 10.9 Å². The van der Waals surface area contributed by atoms with E-state index in [0.717, 1.165) is 22.2 Å². The summed E-state index contributed by atoms with van der Waals surface area (Å²) in [6, 6.07) is 9.80. The molecule has 0 aliphatic heterocycles. The van der Waals surface area contributed by atoms with Crippen molar-refractivity contribution in [3.05, 3.63) is 41.6 Å². The largest absolute Gasteiger partial charge is 0.481 e. The van der Waals surface area contributed by atoms with Crippen molar-refractivity contribution in [2.45, 2.75) is 38.6 Å². The fraction of sp³-hybridized carbons (Fsp3) is 0.375. The molecule has 106 valence electrons. The van der Waals surface area contributed by atoms with Crippen LogP contribution in [0.2, 0.25) is 0 Å². The molecule has 0 bridgehead atoms. The Kier molecular flexibility index (Phi) is 3.77. The van der Waals surface area contributed by atoms with Crippen molar-refractivity contribution in [2.75, 3.05) is 0 Å². The number of carboxylic acid groups (broad SMARTS) is 1. The van der Waals surface area contributed by atoms with Gasteiger partial charge in [0, 0.05) is 22.5 Å². The number of carbonyl (C=O) groups is 1. The molecule has 0 aliphatic rings. The van der Waals surface area contributed by atoms with Crippen LogP contribution < -0.4 is 5.73 Å². The van der Waals surface area contributed by atoms with Gasteiger partial charge in [0.05, 0.1) is 11.9 Å². The molecule has 0 saturated heterocycles. The third-order valence-electron chi connectivity index (χ3n) is 3.53. The Balaban J connectivity index is 2.48. The van der Waals surface area contributed by atoms with Gasteiger partial charge in [0.1, 0.15) is 0 Å². The van der Waals surface area contributed by atoms with Crippen molar-refractivity contribution >= 4 is 16.9 Å². The van der Waals surface area contributed by atoms with Crippen molar-refractivity contribution in [2.24, 2.45) is 5.73 Å². The first kappa shape index (κ1) is 14.5. The van der Waals surface area contributed by atoms with E-state index >= 15 is 0 Å².